The van der Waals surface area contributed by atoms with Crippen molar-refractivity contribution in [3.05, 3.63) is 85.9 Å². The summed E-state index contributed by atoms with van der Waals surface area (Å²) in [5.74, 6) is -0.503. The molecule has 0 saturated carbocycles. The van der Waals surface area contributed by atoms with Crippen molar-refractivity contribution in [2.45, 2.75) is 19.4 Å². The van der Waals surface area contributed by atoms with Crippen molar-refractivity contribution >= 4 is 34.8 Å². The van der Waals surface area contributed by atoms with Crippen LogP contribution < -0.4 is 16.2 Å². The molecule has 1 aromatic carbocycles. The van der Waals surface area contributed by atoms with E-state index in [-0.39, 0.29) is 23.9 Å². The summed E-state index contributed by atoms with van der Waals surface area (Å²) in [6.45, 7) is 3.90. The fourth-order valence-corrected chi connectivity index (χ4v) is 3.61. The summed E-state index contributed by atoms with van der Waals surface area (Å²) in [6, 6.07) is 15.0. The Morgan fingerprint density at radius 2 is 1.76 bits per heavy atom. The van der Waals surface area contributed by atoms with Crippen molar-refractivity contribution in [2.24, 2.45) is 0 Å². The molecule has 8 heteroatoms. The summed E-state index contributed by atoms with van der Waals surface area (Å²) in [6.07, 6.45) is 1.67. The summed E-state index contributed by atoms with van der Waals surface area (Å²) in [5, 5.41) is 5.72. The third-order valence-electron chi connectivity index (χ3n) is 4.17. The van der Waals surface area contributed by atoms with E-state index in [1.165, 1.54) is 22.0 Å². The molecule has 2 N–H and O–H groups in total. The van der Waals surface area contributed by atoms with E-state index in [1.54, 1.807) is 54.7 Å². The molecule has 0 saturated heterocycles. The Labute approximate surface area is 177 Å². The molecular weight excluding hydrogens is 410 g/mol. The third kappa shape index (κ3) is 5.34. The van der Waals surface area contributed by atoms with Crippen LogP contribution in [0.25, 0.3) is 5.69 Å². The van der Waals surface area contributed by atoms with Gasteiger partial charge in [0.2, 0.25) is 0 Å². The SMILES string of the molecule is CC(C)(CNC(=O)c1ccc(-n2ccccc2=O)cc1)NC(=O)c1ccc(Cl)s1. The monoisotopic (exact) mass is 429 g/mol. The van der Waals surface area contributed by atoms with E-state index >= 15 is 0 Å². The Hall–Kier alpha value is -2.90. The number of nitrogens with zero attached hydrogens (tertiary/aromatic N) is 1. The number of rotatable bonds is 6. The molecule has 0 aliphatic rings. The largest absolute Gasteiger partial charge is 0.350 e. The van der Waals surface area contributed by atoms with E-state index in [9.17, 15) is 14.4 Å². The smallest absolute Gasteiger partial charge is 0.261 e. The number of pyridine rings is 1. The molecule has 0 aliphatic carbocycles. The van der Waals surface area contributed by atoms with Crippen molar-refractivity contribution in [3.63, 3.8) is 0 Å². The molecule has 0 unspecified atom stereocenters. The fourth-order valence-electron chi connectivity index (χ4n) is 2.67. The van der Waals surface area contributed by atoms with Crippen molar-refractivity contribution in [2.75, 3.05) is 6.54 Å². The molecule has 3 rings (SSSR count). The highest BCUT2D eigenvalue weighted by Gasteiger charge is 2.23. The van der Waals surface area contributed by atoms with Crippen LogP contribution in [0, 0.1) is 0 Å². The van der Waals surface area contributed by atoms with Crippen LogP contribution in [-0.2, 0) is 0 Å². The Kier molecular flexibility index (Phi) is 6.20. The van der Waals surface area contributed by atoms with Gasteiger partial charge in [0.15, 0.2) is 0 Å². The number of carbonyl (C=O) groups is 2. The van der Waals surface area contributed by atoms with Crippen molar-refractivity contribution in [1.82, 2.24) is 15.2 Å². The molecule has 0 fully saturated rings. The zero-order valence-electron chi connectivity index (χ0n) is 15.9. The van der Waals surface area contributed by atoms with Gasteiger partial charge in [-0.25, -0.2) is 0 Å². The molecule has 0 spiro atoms. The predicted octanol–water partition coefficient (Wildman–Crippen LogP) is 3.49. The maximum absolute atomic E-state index is 12.5. The number of aromatic nitrogens is 1. The molecule has 2 heterocycles. The second kappa shape index (κ2) is 8.63. The summed E-state index contributed by atoms with van der Waals surface area (Å²) in [7, 11) is 0. The van der Waals surface area contributed by atoms with Crippen LogP contribution in [-0.4, -0.2) is 28.5 Å². The first kappa shape index (κ1) is 20.8. The van der Waals surface area contributed by atoms with Crippen molar-refractivity contribution in [1.29, 1.82) is 0 Å². The quantitative estimate of drug-likeness (QED) is 0.629. The van der Waals surface area contributed by atoms with Gasteiger partial charge in [0.25, 0.3) is 17.4 Å². The van der Waals surface area contributed by atoms with Gasteiger partial charge in [-0.05, 0) is 56.3 Å². The second-order valence-corrected chi connectivity index (χ2v) is 8.80. The summed E-state index contributed by atoms with van der Waals surface area (Å²) in [5.41, 5.74) is 0.342. The zero-order valence-corrected chi connectivity index (χ0v) is 17.5. The molecule has 0 aliphatic heterocycles. The van der Waals surface area contributed by atoms with Crippen LogP contribution in [0.5, 0.6) is 0 Å². The Balaban J connectivity index is 1.60. The van der Waals surface area contributed by atoms with Crippen molar-refractivity contribution in [3.8, 4) is 5.69 Å². The lowest BCUT2D eigenvalue weighted by Gasteiger charge is -2.26. The van der Waals surface area contributed by atoms with Gasteiger partial charge in [0.1, 0.15) is 0 Å². The van der Waals surface area contributed by atoms with Gasteiger partial charge in [-0.3, -0.25) is 19.0 Å². The summed E-state index contributed by atoms with van der Waals surface area (Å²) in [4.78, 5) is 37.1. The number of thiophene rings is 1. The minimum Gasteiger partial charge on any atom is -0.350 e. The van der Waals surface area contributed by atoms with E-state index in [1.807, 2.05) is 13.8 Å². The Morgan fingerprint density at radius 3 is 2.38 bits per heavy atom. The Morgan fingerprint density at radius 1 is 1.03 bits per heavy atom. The lowest BCUT2D eigenvalue weighted by molar-refractivity contribution is 0.0884. The molecule has 6 nitrogen and oxygen atoms in total. The molecule has 3 aromatic rings. The molecule has 2 amide bonds. The first-order chi connectivity index (χ1) is 13.7. The molecule has 0 radical (unpaired) electrons. The molecular formula is C21H20ClN3O3S. The summed E-state index contributed by atoms with van der Waals surface area (Å²) >= 11 is 7.07. The lowest BCUT2D eigenvalue weighted by Crippen LogP contribution is -2.51. The van der Waals surface area contributed by atoms with E-state index in [4.69, 9.17) is 11.6 Å². The van der Waals surface area contributed by atoms with Gasteiger partial charge in [0.05, 0.1) is 14.8 Å². The van der Waals surface area contributed by atoms with Gasteiger partial charge >= 0.3 is 0 Å². The molecule has 0 atom stereocenters. The number of hydrogen-bond donors (Lipinski definition) is 2. The predicted molar refractivity (Wildman–Crippen MR) is 115 cm³/mol. The third-order valence-corrected chi connectivity index (χ3v) is 5.40. The van der Waals surface area contributed by atoms with E-state index < -0.39 is 5.54 Å². The number of nitrogens with one attached hydrogen (secondary N) is 2. The van der Waals surface area contributed by atoms with Gasteiger partial charge in [-0.15, -0.1) is 11.3 Å². The van der Waals surface area contributed by atoms with Gasteiger partial charge in [-0.2, -0.15) is 0 Å². The maximum Gasteiger partial charge on any atom is 0.261 e. The van der Waals surface area contributed by atoms with Crippen LogP contribution in [0.4, 0.5) is 0 Å². The van der Waals surface area contributed by atoms with Crippen molar-refractivity contribution < 1.29 is 9.59 Å². The van der Waals surface area contributed by atoms with Crippen LogP contribution in [0.2, 0.25) is 4.34 Å². The van der Waals surface area contributed by atoms with Gasteiger partial charge < -0.3 is 10.6 Å². The minimum atomic E-state index is -0.652. The highest BCUT2D eigenvalue weighted by molar-refractivity contribution is 7.18. The fraction of sp³-hybridized carbons (Fsp3) is 0.190. The van der Waals surface area contributed by atoms with E-state index in [0.717, 1.165) is 0 Å². The normalized spacial score (nSPS) is 11.1. The van der Waals surface area contributed by atoms with Crippen LogP contribution in [0.3, 0.4) is 0 Å². The zero-order chi connectivity index (χ0) is 21.0. The first-order valence-corrected chi connectivity index (χ1v) is 10.1. The average molecular weight is 430 g/mol. The summed E-state index contributed by atoms with van der Waals surface area (Å²) < 4.78 is 2.04. The lowest BCUT2D eigenvalue weighted by atomic mass is 10.1. The molecule has 0 bridgehead atoms. The van der Waals surface area contributed by atoms with Crippen LogP contribution >= 0.6 is 22.9 Å². The van der Waals surface area contributed by atoms with Crippen LogP contribution in [0.1, 0.15) is 33.9 Å². The second-order valence-electron chi connectivity index (χ2n) is 7.08. The van der Waals surface area contributed by atoms with E-state index in [0.29, 0.717) is 20.5 Å². The topological polar surface area (TPSA) is 80.2 Å². The van der Waals surface area contributed by atoms with Gasteiger partial charge in [-0.1, -0.05) is 17.7 Å². The molecule has 29 heavy (non-hydrogen) atoms. The standard InChI is InChI=1S/C21H20ClN3O3S/c1-21(2,24-20(28)16-10-11-17(22)29-16)13-23-19(27)14-6-8-15(9-7-14)25-12-4-3-5-18(25)26/h3-12H,13H2,1-2H3,(H,23,27)(H,24,28). The minimum absolute atomic E-state index is 0.144. The van der Waals surface area contributed by atoms with Gasteiger partial charge in [0, 0.05) is 30.1 Å². The number of benzene rings is 1. The first-order valence-electron chi connectivity index (χ1n) is 8.89. The number of hydrogen-bond acceptors (Lipinski definition) is 4. The number of halogens is 1. The highest BCUT2D eigenvalue weighted by Crippen LogP contribution is 2.21. The molecule has 150 valence electrons. The average Bonchev–Trinajstić information content (AvgIpc) is 3.13. The highest BCUT2D eigenvalue weighted by atomic mass is 35.5. The van der Waals surface area contributed by atoms with Crippen LogP contribution in [0.15, 0.2) is 65.6 Å². The van der Waals surface area contributed by atoms with E-state index in [2.05, 4.69) is 10.6 Å². The Bertz CT molecular complexity index is 1090. The number of carbonyl (C=O) groups excluding carboxylic acids is 2. The molecule has 2 aromatic heterocycles. The number of amides is 2. The maximum atomic E-state index is 12.5.